The first-order chi connectivity index (χ1) is 15.6. The van der Waals surface area contributed by atoms with Crippen molar-refractivity contribution in [1.29, 1.82) is 0 Å². The van der Waals surface area contributed by atoms with Crippen LogP contribution in [0.3, 0.4) is 0 Å². The number of ether oxygens (including phenoxy) is 1. The SMILES string of the molecule is CCCCCCOc1nc(C)nc(Nc2ccc3cc(-c4ccccc4)c(=O)oc3c2)n1. The smallest absolute Gasteiger partial charge is 0.344 e. The van der Waals surface area contributed by atoms with Crippen LogP contribution in [-0.4, -0.2) is 21.6 Å². The lowest BCUT2D eigenvalue weighted by atomic mass is 10.1. The van der Waals surface area contributed by atoms with E-state index >= 15 is 0 Å². The third-order valence-corrected chi connectivity index (χ3v) is 5.03. The van der Waals surface area contributed by atoms with Crippen molar-refractivity contribution in [2.45, 2.75) is 39.5 Å². The molecule has 4 aromatic rings. The van der Waals surface area contributed by atoms with E-state index in [0.29, 0.717) is 41.2 Å². The van der Waals surface area contributed by atoms with Crippen LogP contribution in [0.1, 0.15) is 38.4 Å². The number of hydrogen-bond acceptors (Lipinski definition) is 7. The Labute approximate surface area is 186 Å². The molecule has 0 amide bonds. The van der Waals surface area contributed by atoms with Crippen LogP contribution in [0, 0.1) is 6.92 Å². The van der Waals surface area contributed by atoms with Crippen molar-refractivity contribution in [3.63, 3.8) is 0 Å². The van der Waals surface area contributed by atoms with Crippen LogP contribution in [0.25, 0.3) is 22.1 Å². The zero-order valence-electron chi connectivity index (χ0n) is 18.3. The van der Waals surface area contributed by atoms with Crippen molar-refractivity contribution >= 4 is 22.6 Å². The molecule has 2 aromatic heterocycles. The Bertz CT molecular complexity index is 1260. The number of rotatable bonds is 9. The molecule has 2 aromatic carbocycles. The largest absolute Gasteiger partial charge is 0.463 e. The Morgan fingerprint density at radius 2 is 1.81 bits per heavy atom. The Hall–Kier alpha value is -3.74. The van der Waals surface area contributed by atoms with Gasteiger partial charge in [0, 0.05) is 17.1 Å². The second kappa shape index (κ2) is 10.0. The number of unbranched alkanes of at least 4 members (excludes halogenated alkanes) is 3. The minimum Gasteiger partial charge on any atom is -0.463 e. The number of benzene rings is 2. The van der Waals surface area contributed by atoms with Crippen molar-refractivity contribution in [1.82, 2.24) is 15.0 Å². The van der Waals surface area contributed by atoms with Crippen LogP contribution in [0.2, 0.25) is 0 Å². The van der Waals surface area contributed by atoms with E-state index < -0.39 is 0 Å². The van der Waals surface area contributed by atoms with Crippen molar-refractivity contribution in [3.05, 3.63) is 70.8 Å². The molecule has 0 radical (unpaired) electrons. The van der Waals surface area contributed by atoms with Crippen LogP contribution < -0.4 is 15.7 Å². The third kappa shape index (κ3) is 5.29. The predicted molar refractivity (Wildman–Crippen MR) is 125 cm³/mol. The fraction of sp³-hybridized carbons (Fsp3) is 0.280. The van der Waals surface area contributed by atoms with Crippen molar-refractivity contribution < 1.29 is 9.15 Å². The van der Waals surface area contributed by atoms with Crippen LogP contribution in [0.4, 0.5) is 11.6 Å². The average Bonchev–Trinajstić information content (AvgIpc) is 2.79. The van der Waals surface area contributed by atoms with Gasteiger partial charge < -0.3 is 14.5 Å². The molecule has 0 aliphatic heterocycles. The van der Waals surface area contributed by atoms with Gasteiger partial charge in [0.2, 0.25) is 5.95 Å². The number of nitrogens with zero attached hydrogens (tertiary/aromatic N) is 3. The highest BCUT2D eigenvalue weighted by Gasteiger charge is 2.10. The first-order valence-electron chi connectivity index (χ1n) is 10.9. The summed E-state index contributed by atoms with van der Waals surface area (Å²) >= 11 is 0. The van der Waals surface area contributed by atoms with E-state index in [9.17, 15) is 4.79 Å². The number of anilines is 2. The molecule has 0 aliphatic carbocycles. The first kappa shape index (κ1) is 21.5. The van der Waals surface area contributed by atoms with Gasteiger partial charge in [0.1, 0.15) is 11.4 Å². The molecule has 0 fully saturated rings. The number of aryl methyl sites for hydroxylation is 1. The van der Waals surface area contributed by atoms with E-state index in [-0.39, 0.29) is 5.63 Å². The fourth-order valence-corrected chi connectivity index (χ4v) is 3.41. The Morgan fingerprint density at radius 3 is 2.62 bits per heavy atom. The summed E-state index contributed by atoms with van der Waals surface area (Å²) in [7, 11) is 0. The van der Waals surface area contributed by atoms with Crippen molar-refractivity contribution in [2.24, 2.45) is 0 Å². The molecule has 2 heterocycles. The predicted octanol–water partition coefficient (Wildman–Crippen LogP) is 5.66. The molecule has 0 saturated heterocycles. The van der Waals surface area contributed by atoms with Gasteiger partial charge in [-0.25, -0.2) is 4.79 Å². The van der Waals surface area contributed by atoms with Gasteiger partial charge in [-0.05, 0) is 37.1 Å². The topological polar surface area (TPSA) is 90.1 Å². The molecular weight excluding hydrogens is 404 g/mol. The summed E-state index contributed by atoms with van der Waals surface area (Å²) < 4.78 is 11.3. The van der Waals surface area contributed by atoms with E-state index in [0.717, 1.165) is 23.8 Å². The van der Waals surface area contributed by atoms with E-state index in [4.69, 9.17) is 9.15 Å². The van der Waals surface area contributed by atoms with E-state index in [2.05, 4.69) is 27.2 Å². The van der Waals surface area contributed by atoms with Gasteiger partial charge in [-0.1, -0.05) is 56.5 Å². The Balaban J connectivity index is 1.52. The van der Waals surface area contributed by atoms with Gasteiger partial charge in [0.15, 0.2) is 0 Å². The quantitative estimate of drug-likeness (QED) is 0.271. The molecule has 1 N–H and O–H groups in total. The molecule has 7 nitrogen and oxygen atoms in total. The molecule has 0 aliphatic rings. The lowest BCUT2D eigenvalue weighted by molar-refractivity contribution is 0.280. The van der Waals surface area contributed by atoms with E-state index in [1.54, 1.807) is 13.0 Å². The number of fused-ring (bicyclic) bond motifs is 1. The Kier molecular flexibility index (Phi) is 6.75. The summed E-state index contributed by atoms with van der Waals surface area (Å²) in [4.78, 5) is 25.5. The third-order valence-electron chi connectivity index (χ3n) is 5.03. The number of aromatic nitrogens is 3. The molecule has 7 heteroatoms. The highest BCUT2D eigenvalue weighted by atomic mass is 16.5. The lowest BCUT2D eigenvalue weighted by Crippen LogP contribution is -2.07. The molecule has 32 heavy (non-hydrogen) atoms. The lowest BCUT2D eigenvalue weighted by Gasteiger charge is -2.09. The van der Waals surface area contributed by atoms with Crippen molar-refractivity contribution in [3.8, 4) is 17.1 Å². The maximum Gasteiger partial charge on any atom is 0.344 e. The number of nitrogens with one attached hydrogen (secondary N) is 1. The highest BCUT2D eigenvalue weighted by molar-refractivity contribution is 5.84. The zero-order valence-corrected chi connectivity index (χ0v) is 18.3. The van der Waals surface area contributed by atoms with Gasteiger partial charge in [0.25, 0.3) is 0 Å². The maximum atomic E-state index is 12.5. The molecular formula is C25H26N4O3. The maximum absolute atomic E-state index is 12.5. The van der Waals surface area contributed by atoms with Gasteiger partial charge >= 0.3 is 11.6 Å². The monoisotopic (exact) mass is 430 g/mol. The second-order valence-corrected chi connectivity index (χ2v) is 7.59. The fourth-order valence-electron chi connectivity index (χ4n) is 3.41. The summed E-state index contributed by atoms with van der Waals surface area (Å²) in [6.07, 6.45) is 4.46. The minimum absolute atomic E-state index is 0.302. The normalized spacial score (nSPS) is 10.9. The van der Waals surface area contributed by atoms with Crippen LogP contribution in [0.15, 0.2) is 63.8 Å². The molecule has 164 valence electrons. The molecule has 0 bridgehead atoms. The molecule has 0 spiro atoms. The first-order valence-corrected chi connectivity index (χ1v) is 10.9. The van der Waals surface area contributed by atoms with Gasteiger partial charge in [-0.2, -0.15) is 15.0 Å². The molecule has 0 atom stereocenters. The standard InChI is InChI=1S/C25H26N4O3/c1-3-4-5-9-14-31-25-27-17(2)26-24(29-25)28-20-13-12-19-15-21(18-10-7-6-8-11-18)23(30)32-22(19)16-20/h6-8,10-13,15-16H,3-5,9,14H2,1-2H3,(H,26,27,28,29). The minimum atomic E-state index is -0.379. The van der Waals surface area contributed by atoms with Crippen LogP contribution in [0.5, 0.6) is 6.01 Å². The summed E-state index contributed by atoms with van der Waals surface area (Å²) in [5, 5.41) is 3.98. The molecule has 4 rings (SSSR count). The highest BCUT2D eigenvalue weighted by Crippen LogP contribution is 2.24. The summed E-state index contributed by atoms with van der Waals surface area (Å²) in [6.45, 7) is 4.55. The summed E-state index contributed by atoms with van der Waals surface area (Å²) in [5.74, 6) is 0.939. The van der Waals surface area contributed by atoms with Gasteiger partial charge in [-0.3, -0.25) is 0 Å². The molecule has 0 unspecified atom stereocenters. The van der Waals surface area contributed by atoms with Gasteiger partial charge in [-0.15, -0.1) is 0 Å². The zero-order chi connectivity index (χ0) is 22.3. The van der Waals surface area contributed by atoms with Crippen molar-refractivity contribution in [2.75, 3.05) is 11.9 Å². The summed E-state index contributed by atoms with van der Waals surface area (Å²) in [5.41, 5.74) is 2.17. The van der Waals surface area contributed by atoms with E-state index in [1.165, 1.54) is 12.8 Å². The van der Waals surface area contributed by atoms with Gasteiger partial charge in [0.05, 0.1) is 12.2 Å². The molecule has 0 saturated carbocycles. The number of hydrogen-bond donors (Lipinski definition) is 1. The summed E-state index contributed by atoms with van der Waals surface area (Å²) in [6, 6.07) is 17.2. The Morgan fingerprint density at radius 1 is 0.969 bits per heavy atom. The average molecular weight is 431 g/mol. The van der Waals surface area contributed by atoms with Crippen LogP contribution >= 0.6 is 0 Å². The van der Waals surface area contributed by atoms with Crippen LogP contribution in [-0.2, 0) is 0 Å². The second-order valence-electron chi connectivity index (χ2n) is 7.59. The van der Waals surface area contributed by atoms with E-state index in [1.807, 2.05) is 48.5 Å².